The predicted molar refractivity (Wildman–Crippen MR) is 84.3 cm³/mol. The standard InChI is InChI=1S/C17H22FNO5/c1-3-14(24-15-7-5-4-6-13(15)18)17(22)19-10-12(23-2)8-11(19)9-16(20)21/h4-7,11-12,14H,3,8-10H2,1-2H3,(H,20,21). The second-order valence-corrected chi connectivity index (χ2v) is 5.78. The van der Waals surface area contributed by atoms with Crippen molar-refractivity contribution in [2.75, 3.05) is 13.7 Å². The van der Waals surface area contributed by atoms with Crippen molar-refractivity contribution < 1.29 is 28.6 Å². The van der Waals surface area contributed by atoms with Crippen molar-refractivity contribution >= 4 is 11.9 Å². The molecule has 0 spiro atoms. The highest BCUT2D eigenvalue weighted by molar-refractivity contribution is 5.82. The molecule has 24 heavy (non-hydrogen) atoms. The third-order valence-electron chi connectivity index (χ3n) is 4.15. The fourth-order valence-electron chi connectivity index (χ4n) is 2.90. The lowest BCUT2D eigenvalue weighted by Crippen LogP contribution is -2.45. The Bertz CT molecular complexity index is 594. The van der Waals surface area contributed by atoms with E-state index >= 15 is 0 Å². The highest BCUT2D eigenvalue weighted by Crippen LogP contribution is 2.26. The first-order valence-corrected chi connectivity index (χ1v) is 7.92. The van der Waals surface area contributed by atoms with Gasteiger partial charge in [0.05, 0.1) is 12.5 Å². The third-order valence-corrected chi connectivity index (χ3v) is 4.15. The molecule has 1 N–H and O–H groups in total. The Kier molecular flexibility index (Phi) is 6.14. The number of methoxy groups -OCH3 is 1. The van der Waals surface area contributed by atoms with Crippen molar-refractivity contribution in [3.8, 4) is 5.75 Å². The summed E-state index contributed by atoms with van der Waals surface area (Å²) in [4.78, 5) is 25.3. The second kappa shape index (κ2) is 8.10. The van der Waals surface area contributed by atoms with Gasteiger partial charge in [-0.2, -0.15) is 0 Å². The summed E-state index contributed by atoms with van der Waals surface area (Å²) < 4.78 is 24.5. The molecule has 1 amide bonds. The molecular formula is C17H22FNO5. The summed E-state index contributed by atoms with van der Waals surface area (Å²) in [7, 11) is 1.53. The van der Waals surface area contributed by atoms with Crippen molar-refractivity contribution in [2.24, 2.45) is 0 Å². The second-order valence-electron chi connectivity index (χ2n) is 5.78. The van der Waals surface area contributed by atoms with Crippen LogP contribution in [0, 0.1) is 5.82 Å². The minimum atomic E-state index is -0.974. The quantitative estimate of drug-likeness (QED) is 0.823. The van der Waals surface area contributed by atoms with Crippen LogP contribution < -0.4 is 4.74 Å². The number of hydrogen-bond acceptors (Lipinski definition) is 4. The van der Waals surface area contributed by atoms with Crippen molar-refractivity contribution in [2.45, 2.75) is 44.4 Å². The molecule has 3 unspecified atom stereocenters. The maximum atomic E-state index is 13.7. The number of carboxylic acid groups (broad SMARTS) is 1. The van der Waals surface area contributed by atoms with Gasteiger partial charge in [-0.1, -0.05) is 19.1 Å². The first kappa shape index (κ1) is 18.2. The molecule has 1 heterocycles. The number of nitrogens with zero attached hydrogens (tertiary/aromatic N) is 1. The highest BCUT2D eigenvalue weighted by atomic mass is 19.1. The van der Waals surface area contributed by atoms with Crippen LogP contribution in [0.2, 0.25) is 0 Å². The number of para-hydroxylation sites is 1. The van der Waals surface area contributed by atoms with Gasteiger partial charge in [0.1, 0.15) is 0 Å². The monoisotopic (exact) mass is 339 g/mol. The van der Waals surface area contributed by atoms with Crippen LogP contribution in [-0.2, 0) is 14.3 Å². The number of hydrogen-bond donors (Lipinski definition) is 1. The fourth-order valence-corrected chi connectivity index (χ4v) is 2.90. The number of halogens is 1. The average Bonchev–Trinajstić information content (AvgIpc) is 2.95. The smallest absolute Gasteiger partial charge is 0.305 e. The van der Waals surface area contributed by atoms with Gasteiger partial charge in [-0.3, -0.25) is 9.59 Å². The van der Waals surface area contributed by atoms with E-state index in [2.05, 4.69) is 0 Å². The number of ether oxygens (including phenoxy) is 2. The zero-order valence-corrected chi connectivity index (χ0v) is 13.8. The highest BCUT2D eigenvalue weighted by Gasteiger charge is 2.39. The molecule has 3 atom stereocenters. The summed E-state index contributed by atoms with van der Waals surface area (Å²) in [6, 6.07) is 5.44. The van der Waals surface area contributed by atoms with Crippen LogP contribution in [0.15, 0.2) is 24.3 Å². The molecule has 6 nitrogen and oxygen atoms in total. The van der Waals surface area contributed by atoms with Gasteiger partial charge in [0.2, 0.25) is 0 Å². The van der Waals surface area contributed by atoms with Crippen LogP contribution in [0.5, 0.6) is 5.75 Å². The molecule has 0 saturated carbocycles. The number of rotatable bonds is 7. The molecule has 1 aliphatic rings. The van der Waals surface area contributed by atoms with Crippen molar-refractivity contribution in [3.05, 3.63) is 30.1 Å². The van der Waals surface area contributed by atoms with Gasteiger partial charge in [-0.25, -0.2) is 4.39 Å². The summed E-state index contributed by atoms with van der Waals surface area (Å²) in [5, 5.41) is 9.04. The molecule has 0 radical (unpaired) electrons. The van der Waals surface area contributed by atoms with E-state index in [1.807, 2.05) is 0 Å². The molecule has 1 fully saturated rings. The largest absolute Gasteiger partial charge is 0.481 e. The Morgan fingerprint density at radius 2 is 2.12 bits per heavy atom. The zero-order valence-electron chi connectivity index (χ0n) is 13.8. The van der Waals surface area contributed by atoms with Crippen molar-refractivity contribution in [3.63, 3.8) is 0 Å². The first-order valence-electron chi connectivity index (χ1n) is 7.92. The molecule has 0 bridgehead atoms. The molecule has 1 aliphatic heterocycles. The summed E-state index contributed by atoms with van der Waals surface area (Å²) in [6.45, 7) is 2.07. The first-order chi connectivity index (χ1) is 11.5. The van der Waals surface area contributed by atoms with Crippen LogP contribution in [0.4, 0.5) is 4.39 Å². The van der Waals surface area contributed by atoms with Gasteiger partial charge >= 0.3 is 5.97 Å². The van der Waals surface area contributed by atoms with Crippen LogP contribution in [0.1, 0.15) is 26.2 Å². The van der Waals surface area contributed by atoms with Crippen molar-refractivity contribution in [1.29, 1.82) is 0 Å². The number of benzene rings is 1. The summed E-state index contributed by atoms with van der Waals surface area (Å²) in [5.41, 5.74) is 0. The topological polar surface area (TPSA) is 76.1 Å². The predicted octanol–water partition coefficient (Wildman–Crippen LogP) is 2.07. The van der Waals surface area contributed by atoms with E-state index in [-0.39, 0.29) is 24.2 Å². The lowest BCUT2D eigenvalue weighted by atomic mass is 10.1. The minimum absolute atomic E-state index is 0.00923. The molecule has 7 heteroatoms. The zero-order chi connectivity index (χ0) is 17.7. The Morgan fingerprint density at radius 1 is 1.42 bits per heavy atom. The Morgan fingerprint density at radius 3 is 2.71 bits per heavy atom. The normalized spacial score (nSPS) is 21.5. The van der Waals surface area contributed by atoms with E-state index in [4.69, 9.17) is 14.6 Å². The number of amides is 1. The molecule has 0 aromatic heterocycles. The van der Waals surface area contributed by atoms with Crippen LogP contribution in [0.3, 0.4) is 0 Å². The number of carboxylic acids is 1. The molecule has 132 valence electrons. The van der Waals surface area contributed by atoms with Gasteiger partial charge in [-0.15, -0.1) is 0 Å². The molecule has 2 rings (SSSR count). The van der Waals surface area contributed by atoms with E-state index in [9.17, 15) is 14.0 Å². The van der Waals surface area contributed by atoms with Gasteiger partial charge in [-0.05, 0) is 25.0 Å². The van der Waals surface area contributed by atoms with E-state index in [1.165, 1.54) is 30.2 Å². The van der Waals surface area contributed by atoms with Crippen molar-refractivity contribution in [1.82, 2.24) is 4.90 Å². The summed E-state index contributed by atoms with van der Waals surface area (Å²) >= 11 is 0. The summed E-state index contributed by atoms with van der Waals surface area (Å²) in [5.74, 6) is -1.85. The minimum Gasteiger partial charge on any atom is -0.481 e. The number of carbonyl (C=O) groups is 2. The SMILES string of the molecule is CCC(Oc1ccccc1F)C(=O)N1CC(OC)CC1CC(=O)O. The van der Waals surface area contributed by atoms with Gasteiger partial charge in [0, 0.05) is 19.7 Å². The Hall–Kier alpha value is -2.15. The van der Waals surface area contributed by atoms with E-state index in [1.54, 1.807) is 13.0 Å². The van der Waals surface area contributed by atoms with Gasteiger partial charge in [0.25, 0.3) is 5.91 Å². The lowest BCUT2D eigenvalue weighted by Gasteiger charge is -2.28. The maximum Gasteiger partial charge on any atom is 0.305 e. The molecule has 0 aliphatic carbocycles. The van der Waals surface area contributed by atoms with E-state index < -0.39 is 23.9 Å². The maximum absolute atomic E-state index is 13.7. The molecular weight excluding hydrogens is 317 g/mol. The number of likely N-dealkylation sites (tertiary alicyclic amines) is 1. The summed E-state index contributed by atoms with van der Waals surface area (Å²) in [6.07, 6.45) is -0.411. The van der Waals surface area contributed by atoms with E-state index in [0.29, 0.717) is 19.4 Å². The third kappa shape index (κ3) is 4.23. The average molecular weight is 339 g/mol. The molecule has 1 aromatic carbocycles. The molecule has 1 saturated heterocycles. The van der Waals surface area contributed by atoms with Crippen LogP contribution >= 0.6 is 0 Å². The fraction of sp³-hybridized carbons (Fsp3) is 0.529. The van der Waals surface area contributed by atoms with Gasteiger partial charge in [0.15, 0.2) is 17.7 Å². The lowest BCUT2D eigenvalue weighted by molar-refractivity contribution is -0.143. The van der Waals surface area contributed by atoms with E-state index in [0.717, 1.165) is 0 Å². The van der Waals surface area contributed by atoms with Crippen LogP contribution in [0.25, 0.3) is 0 Å². The Balaban J connectivity index is 2.13. The number of carbonyl (C=O) groups excluding carboxylic acids is 1. The van der Waals surface area contributed by atoms with Gasteiger partial charge < -0.3 is 19.5 Å². The molecule has 1 aromatic rings. The Labute approximate surface area is 140 Å². The van der Waals surface area contributed by atoms with Crippen LogP contribution in [-0.4, -0.2) is 53.8 Å². The number of aliphatic carboxylic acids is 1.